The van der Waals surface area contributed by atoms with Gasteiger partial charge < -0.3 is 5.32 Å². The lowest BCUT2D eigenvalue weighted by Crippen LogP contribution is -2.27. The van der Waals surface area contributed by atoms with Crippen LogP contribution in [0.2, 0.25) is 0 Å². The molecule has 2 aliphatic carbocycles. The maximum absolute atomic E-state index is 12.7. The topological polar surface area (TPSA) is 12.0 Å². The lowest BCUT2D eigenvalue weighted by Gasteiger charge is -2.06. The zero-order valence-corrected chi connectivity index (χ0v) is 5.48. The van der Waals surface area contributed by atoms with Gasteiger partial charge in [-0.25, -0.2) is 8.78 Å². The monoisotopic (exact) mass is 145 g/mol. The van der Waals surface area contributed by atoms with Gasteiger partial charge in [0.25, 0.3) is 5.92 Å². The van der Waals surface area contributed by atoms with Crippen LogP contribution in [0, 0.1) is 17.8 Å². The van der Waals surface area contributed by atoms with Crippen molar-refractivity contribution in [2.45, 2.75) is 18.4 Å². The number of halogens is 2. The molecular weight excluding hydrogens is 136 g/mol. The average molecular weight is 145 g/mol. The molecule has 1 saturated heterocycles. The van der Waals surface area contributed by atoms with Gasteiger partial charge in [0.15, 0.2) is 0 Å². The zero-order chi connectivity index (χ0) is 6.93. The third-order valence-corrected chi connectivity index (χ3v) is 3.31. The minimum absolute atomic E-state index is 0.157. The van der Waals surface area contributed by atoms with Crippen molar-refractivity contribution < 1.29 is 8.78 Å². The summed E-state index contributed by atoms with van der Waals surface area (Å²) in [6, 6.07) is 0.157. The van der Waals surface area contributed by atoms with Crippen LogP contribution in [0.4, 0.5) is 8.78 Å². The number of hydrogen-bond donors (Lipinski definition) is 1. The largest absolute Gasteiger partial charge is 0.313 e. The van der Waals surface area contributed by atoms with Crippen molar-refractivity contribution in [1.29, 1.82) is 0 Å². The van der Waals surface area contributed by atoms with Gasteiger partial charge in [-0.15, -0.1) is 0 Å². The van der Waals surface area contributed by atoms with E-state index in [-0.39, 0.29) is 17.9 Å². The fraction of sp³-hybridized carbons (Fsp3) is 1.00. The van der Waals surface area contributed by atoms with Gasteiger partial charge in [0.1, 0.15) is 0 Å². The van der Waals surface area contributed by atoms with Gasteiger partial charge in [0.05, 0.1) is 0 Å². The van der Waals surface area contributed by atoms with Crippen molar-refractivity contribution in [2.24, 2.45) is 17.8 Å². The Balaban J connectivity index is 1.97. The van der Waals surface area contributed by atoms with Crippen molar-refractivity contribution in [2.75, 3.05) is 6.54 Å². The van der Waals surface area contributed by atoms with Crippen LogP contribution in [0.15, 0.2) is 0 Å². The lowest BCUT2D eigenvalue weighted by molar-refractivity contribution is 0.0644. The molecule has 3 heteroatoms. The van der Waals surface area contributed by atoms with Gasteiger partial charge in [-0.05, 0) is 18.9 Å². The first-order chi connectivity index (χ1) is 4.71. The van der Waals surface area contributed by atoms with E-state index < -0.39 is 5.92 Å². The summed E-state index contributed by atoms with van der Waals surface area (Å²) in [6.45, 7) is 0.835. The van der Waals surface area contributed by atoms with E-state index in [4.69, 9.17) is 0 Å². The summed E-state index contributed by atoms with van der Waals surface area (Å²) in [4.78, 5) is 0. The van der Waals surface area contributed by atoms with Crippen molar-refractivity contribution in [3.05, 3.63) is 0 Å². The number of hydrogen-bond acceptors (Lipinski definition) is 1. The molecule has 3 fully saturated rings. The molecule has 56 valence electrons. The van der Waals surface area contributed by atoms with E-state index in [0.29, 0.717) is 5.92 Å². The van der Waals surface area contributed by atoms with Gasteiger partial charge in [-0.1, -0.05) is 0 Å². The molecule has 3 aliphatic rings. The number of piperidine rings is 1. The van der Waals surface area contributed by atoms with Crippen LogP contribution in [-0.2, 0) is 0 Å². The van der Waals surface area contributed by atoms with Gasteiger partial charge >= 0.3 is 0 Å². The standard InChI is InChI=1S/C7H9F2N/c8-7(9)5-3-1-4(6(5)7)10-2-3/h3-6,10H,1-2H2/t3-,4+,5-,6-/m1/s1. The Labute approximate surface area is 57.8 Å². The molecule has 0 unspecified atom stereocenters. The third-order valence-electron chi connectivity index (χ3n) is 3.31. The van der Waals surface area contributed by atoms with Crippen LogP contribution < -0.4 is 5.32 Å². The van der Waals surface area contributed by atoms with Gasteiger partial charge in [0.2, 0.25) is 0 Å². The normalized spacial score (nSPS) is 60.6. The zero-order valence-electron chi connectivity index (χ0n) is 5.48. The molecule has 1 N–H and O–H groups in total. The number of alkyl halides is 2. The summed E-state index contributed by atoms with van der Waals surface area (Å²) in [7, 11) is 0. The molecule has 1 aliphatic heterocycles. The maximum Gasteiger partial charge on any atom is 0.256 e. The fourth-order valence-corrected chi connectivity index (χ4v) is 2.84. The average Bonchev–Trinajstić information content (AvgIpc) is 2.37. The second kappa shape index (κ2) is 1.24. The quantitative estimate of drug-likeness (QED) is 0.533. The number of rotatable bonds is 0. The molecule has 0 aromatic rings. The van der Waals surface area contributed by atoms with Gasteiger partial charge in [-0.2, -0.15) is 0 Å². The Kier molecular flexibility index (Phi) is 0.680. The number of fused-ring (bicyclic) bond motifs is 5. The van der Waals surface area contributed by atoms with Crippen molar-refractivity contribution in [3.8, 4) is 0 Å². The molecule has 0 spiro atoms. The van der Waals surface area contributed by atoms with Crippen molar-refractivity contribution >= 4 is 0 Å². The van der Waals surface area contributed by atoms with Crippen LogP contribution in [0.1, 0.15) is 6.42 Å². The summed E-state index contributed by atoms with van der Waals surface area (Å²) < 4.78 is 25.5. The lowest BCUT2D eigenvalue weighted by atomic mass is 10.1. The molecule has 2 saturated carbocycles. The fourth-order valence-electron chi connectivity index (χ4n) is 2.84. The first-order valence-corrected chi connectivity index (χ1v) is 3.82. The molecule has 4 atom stereocenters. The molecule has 0 amide bonds. The van der Waals surface area contributed by atoms with Crippen molar-refractivity contribution in [1.82, 2.24) is 5.32 Å². The second-order valence-electron chi connectivity index (χ2n) is 3.74. The molecule has 1 nitrogen and oxygen atoms in total. The predicted octanol–water partition coefficient (Wildman–Crippen LogP) is 0.859. The predicted molar refractivity (Wildman–Crippen MR) is 31.8 cm³/mol. The highest BCUT2D eigenvalue weighted by Gasteiger charge is 2.78. The van der Waals surface area contributed by atoms with Crippen LogP contribution in [0.25, 0.3) is 0 Å². The molecule has 0 aromatic heterocycles. The summed E-state index contributed by atoms with van der Waals surface area (Å²) in [5, 5.41) is 3.12. The molecule has 3 rings (SSSR count). The van der Waals surface area contributed by atoms with E-state index in [1.165, 1.54) is 0 Å². The minimum atomic E-state index is -2.29. The third kappa shape index (κ3) is 0.383. The minimum Gasteiger partial charge on any atom is -0.313 e. The summed E-state index contributed by atoms with van der Waals surface area (Å²) in [5.74, 6) is -2.52. The highest BCUT2D eigenvalue weighted by Crippen LogP contribution is 2.68. The van der Waals surface area contributed by atoms with E-state index in [1.54, 1.807) is 0 Å². The Hall–Kier alpha value is -0.180. The smallest absolute Gasteiger partial charge is 0.256 e. The molecule has 10 heavy (non-hydrogen) atoms. The second-order valence-corrected chi connectivity index (χ2v) is 3.74. The summed E-state index contributed by atoms with van der Waals surface area (Å²) in [6.07, 6.45) is 1.00. The molecule has 0 aromatic carbocycles. The van der Waals surface area contributed by atoms with E-state index in [1.807, 2.05) is 0 Å². The summed E-state index contributed by atoms with van der Waals surface area (Å²) in [5.41, 5.74) is 0. The Morgan fingerprint density at radius 3 is 2.60 bits per heavy atom. The highest BCUT2D eigenvalue weighted by molar-refractivity contribution is 5.21. The van der Waals surface area contributed by atoms with Crippen LogP contribution in [0.5, 0.6) is 0 Å². The van der Waals surface area contributed by atoms with Gasteiger partial charge in [-0.3, -0.25) is 0 Å². The Morgan fingerprint density at radius 2 is 2.10 bits per heavy atom. The van der Waals surface area contributed by atoms with E-state index in [9.17, 15) is 8.78 Å². The Bertz CT molecular complexity index is 174. The number of nitrogens with one attached hydrogen (secondary N) is 1. The first kappa shape index (κ1) is 5.47. The van der Waals surface area contributed by atoms with Crippen LogP contribution in [0.3, 0.4) is 0 Å². The SMILES string of the molecule is FC1(F)[C@@H]2[C@H]3CN[C@@H](C3)[C@H]21. The maximum atomic E-state index is 12.7. The van der Waals surface area contributed by atoms with Gasteiger partial charge in [0, 0.05) is 17.9 Å². The molecule has 1 heterocycles. The van der Waals surface area contributed by atoms with Crippen LogP contribution in [-0.4, -0.2) is 18.5 Å². The molecule has 2 bridgehead atoms. The van der Waals surface area contributed by atoms with Crippen molar-refractivity contribution in [3.63, 3.8) is 0 Å². The summed E-state index contributed by atoms with van der Waals surface area (Å²) >= 11 is 0. The van der Waals surface area contributed by atoms with E-state index in [2.05, 4.69) is 5.32 Å². The first-order valence-electron chi connectivity index (χ1n) is 3.82. The highest BCUT2D eigenvalue weighted by atomic mass is 19.3. The van der Waals surface area contributed by atoms with Crippen LogP contribution >= 0.6 is 0 Å². The molecular formula is C7H9F2N. The van der Waals surface area contributed by atoms with E-state index >= 15 is 0 Å². The molecule has 0 radical (unpaired) electrons. The Morgan fingerprint density at radius 1 is 1.30 bits per heavy atom. The van der Waals surface area contributed by atoms with E-state index in [0.717, 1.165) is 13.0 Å².